The molecule has 2 fully saturated rings. The molecule has 0 radical (unpaired) electrons. The minimum atomic E-state index is -0.963. The van der Waals surface area contributed by atoms with Crippen molar-refractivity contribution < 1.29 is 38.2 Å². The third-order valence-electron chi connectivity index (χ3n) is 6.39. The fourth-order valence-corrected chi connectivity index (χ4v) is 4.27. The molecule has 0 bridgehead atoms. The molecule has 5 amide bonds. The minimum Gasteiger partial charge on any atom is -0.493 e. The Balaban J connectivity index is 1.44. The molecular formula is C23H30N4O8. The lowest BCUT2D eigenvalue weighted by molar-refractivity contribution is -0.151. The van der Waals surface area contributed by atoms with Gasteiger partial charge < -0.3 is 19.5 Å². The zero-order valence-corrected chi connectivity index (χ0v) is 20.0. The molecule has 12 heteroatoms. The highest BCUT2D eigenvalue weighted by molar-refractivity contribution is 6.08. The first-order valence-electron chi connectivity index (χ1n) is 11.3. The number of hydrazine groups is 1. The van der Waals surface area contributed by atoms with Gasteiger partial charge in [0.2, 0.25) is 0 Å². The Morgan fingerprint density at radius 3 is 2.40 bits per heavy atom. The van der Waals surface area contributed by atoms with Gasteiger partial charge in [-0.3, -0.25) is 34.9 Å². The molecule has 1 saturated heterocycles. The van der Waals surface area contributed by atoms with E-state index in [2.05, 4.69) is 23.1 Å². The Labute approximate surface area is 202 Å². The smallest absolute Gasteiger partial charge is 0.326 e. The van der Waals surface area contributed by atoms with E-state index in [0.717, 1.165) is 24.2 Å². The Hall–Kier alpha value is -3.83. The lowest BCUT2D eigenvalue weighted by Crippen LogP contribution is -2.49. The Morgan fingerprint density at radius 1 is 1.09 bits per heavy atom. The monoisotopic (exact) mass is 490 g/mol. The van der Waals surface area contributed by atoms with E-state index in [9.17, 15) is 24.0 Å². The van der Waals surface area contributed by atoms with E-state index in [1.807, 2.05) is 0 Å². The van der Waals surface area contributed by atoms with E-state index in [-0.39, 0.29) is 5.56 Å². The predicted octanol–water partition coefficient (Wildman–Crippen LogP) is 0.899. The molecular weight excluding hydrogens is 460 g/mol. The van der Waals surface area contributed by atoms with Crippen molar-refractivity contribution in [1.29, 1.82) is 0 Å². The standard InChI is InChI=1S/C23H30N4O8/c1-4-14-7-9-23(10-8-14)21(31)27(22(32)24-23)12-19(29)35-13-18(28)25-26-20(30)15-5-6-16(33-2)17(11-15)34-3/h5-6,11,14H,4,7-10,12-13H2,1-3H3,(H,24,32)(H,25,28)(H,26,30). The van der Waals surface area contributed by atoms with Gasteiger partial charge in [-0.25, -0.2) is 4.79 Å². The van der Waals surface area contributed by atoms with Crippen LogP contribution < -0.4 is 25.6 Å². The van der Waals surface area contributed by atoms with E-state index in [1.54, 1.807) is 0 Å². The minimum absolute atomic E-state index is 0.195. The topological polar surface area (TPSA) is 152 Å². The number of carbonyl (C=O) groups is 5. The van der Waals surface area contributed by atoms with Gasteiger partial charge >= 0.3 is 12.0 Å². The van der Waals surface area contributed by atoms with Crippen molar-refractivity contribution in [1.82, 2.24) is 21.1 Å². The average molecular weight is 491 g/mol. The van der Waals surface area contributed by atoms with Crippen molar-refractivity contribution in [3.05, 3.63) is 23.8 Å². The van der Waals surface area contributed by atoms with Crippen LogP contribution in [0, 0.1) is 5.92 Å². The summed E-state index contributed by atoms with van der Waals surface area (Å²) in [6.45, 7) is 0.782. The molecule has 0 aromatic heterocycles. The highest BCUT2D eigenvalue weighted by atomic mass is 16.5. The van der Waals surface area contributed by atoms with E-state index in [4.69, 9.17) is 14.2 Å². The average Bonchev–Trinajstić information content (AvgIpc) is 3.09. The van der Waals surface area contributed by atoms with Crippen molar-refractivity contribution >= 4 is 29.7 Å². The maximum atomic E-state index is 12.9. The van der Waals surface area contributed by atoms with Crippen LogP contribution >= 0.6 is 0 Å². The predicted molar refractivity (Wildman–Crippen MR) is 121 cm³/mol. The molecule has 1 aromatic carbocycles. The van der Waals surface area contributed by atoms with Gasteiger partial charge in [-0.1, -0.05) is 13.3 Å². The summed E-state index contributed by atoms with van der Waals surface area (Å²) in [4.78, 5) is 62.4. The van der Waals surface area contributed by atoms with Gasteiger partial charge in [0.05, 0.1) is 14.2 Å². The number of nitrogens with zero attached hydrogens (tertiary/aromatic N) is 1. The van der Waals surface area contributed by atoms with Crippen molar-refractivity contribution in [2.24, 2.45) is 5.92 Å². The number of imide groups is 1. The molecule has 3 rings (SSSR count). The van der Waals surface area contributed by atoms with Crippen molar-refractivity contribution in [2.45, 2.75) is 44.6 Å². The number of urea groups is 1. The maximum Gasteiger partial charge on any atom is 0.326 e. The van der Waals surface area contributed by atoms with Crippen LogP contribution in [0.4, 0.5) is 4.79 Å². The Bertz CT molecular complexity index is 1000. The van der Waals surface area contributed by atoms with Crippen LogP contribution in [0.5, 0.6) is 11.5 Å². The van der Waals surface area contributed by atoms with Gasteiger partial charge in [-0.15, -0.1) is 0 Å². The summed E-state index contributed by atoms with van der Waals surface area (Å²) in [5, 5.41) is 2.73. The molecule has 3 N–H and O–H groups in total. The number of hydrogen-bond donors (Lipinski definition) is 3. The third-order valence-corrected chi connectivity index (χ3v) is 6.39. The Kier molecular flexibility index (Phi) is 8.15. The van der Waals surface area contributed by atoms with Gasteiger partial charge in [0.1, 0.15) is 12.1 Å². The quantitative estimate of drug-likeness (QED) is 0.276. The van der Waals surface area contributed by atoms with E-state index in [0.29, 0.717) is 30.3 Å². The van der Waals surface area contributed by atoms with E-state index in [1.165, 1.54) is 32.4 Å². The molecule has 1 spiro atoms. The summed E-state index contributed by atoms with van der Waals surface area (Å²) >= 11 is 0. The fourth-order valence-electron chi connectivity index (χ4n) is 4.27. The first-order chi connectivity index (χ1) is 16.7. The second-order valence-corrected chi connectivity index (χ2v) is 8.49. The molecule has 1 aliphatic heterocycles. The molecule has 1 heterocycles. The highest BCUT2D eigenvalue weighted by Gasteiger charge is 2.52. The van der Waals surface area contributed by atoms with Crippen LogP contribution in [0.15, 0.2) is 18.2 Å². The summed E-state index contributed by atoms with van der Waals surface area (Å²) in [5.74, 6) is -1.51. The summed E-state index contributed by atoms with van der Waals surface area (Å²) in [6.07, 6.45) is 3.74. The van der Waals surface area contributed by atoms with Crippen LogP contribution in [-0.2, 0) is 19.1 Å². The number of rotatable bonds is 8. The molecule has 1 saturated carbocycles. The van der Waals surface area contributed by atoms with Crippen LogP contribution in [0.1, 0.15) is 49.4 Å². The number of ether oxygens (including phenoxy) is 3. The zero-order chi connectivity index (χ0) is 25.6. The summed E-state index contributed by atoms with van der Waals surface area (Å²) < 4.78 is 15.1. The van der Waals surface area contributed by atoms with Crippen molar-refractivity contribution in [3.63, 3.8) is 0 Å². The van der Waals surface area contributed by atoms with Crippen LogP contribution in [-0.4, -0.2) is 67.5 Å². The van der Waals surface area contributed by atoms with Gasteiger partial charge in [-0.05, 0) is 49.8 Å². The number of hydrogen-bond acceptors (Lipinski definition) is 8. The van der Waals surface area contributed by atoms with Crippen molar-refractivity contribution in [2.75, 3.05) is 27.4 Å². The lowest BCUT2D eigenvalue weighted by Gasteiger charge is -2.34. The first-order valence-corrected chi connectivity index (χ1v) is 11.3. The number of benzene rings is 1. The van der Waals surface area contributed by atoms with Gasteiger partial charge in [0.15, 0.2) is 18.1 Å². The maximum absolute atomic E-state index is 12.9. The summed E-state index contributed by atoms with van der Waals surface area (Å²) in [7, 11) is 2.88. The summed E-state index contributed by atoms with van der Waals surface area (Å²) in [6, 6.07) is 3.79. The second kappa shape index (κ2) is 11.1. The Morgan fingerprint density at radius 2 is 1.77 bits per heavy atom. The highest BCUT2D eigenvalue weighted by Crippen LogP contribution is 2.37. The number of methoxy groups -OCH3 is 2. The third kappa shape index (κ3) is 5.81. The van der Waals surface area contributed by atoms with Crippen LogP contribution in [0.25, 0.3) is 0 Å². The van der Waals surface area contributed by atoms with E-state index < -0.39 is 48.4 Å². The van der Waals surface area contributed by atoms with E-state index >= 15 is 0 Å². The summed E-state index contributed by atoms with van der Waals surface area (Å²) in [5.41, 5.74) is 3.54. The number of nitrogens with one attached hydrogen (secondary N) is 3. The number of esters is 1. The molecule has 35 heavy (non-hydrogen) atoms. The van der Waals surface area contributed by atoms with Crippen LogP contribution in [0.2, 0.25) is 0 Å². The normalized spacial score (nSPS) is 21.3. The lowest BCUT2D eigenvalue weighted by atomic mass is 9.75. The molecule has 2 aliphatic rings. The number of amides is 5. The van der Waals surface area contributed by atoms with Crippen molar-refractivity contribution in [3.8, 4) is 11.5 Å². The second-order valence-electron chi connectivity index (χ2n) is 8.49. The number of carbonyl (C=O) groups excluding carboxylic acids is 5. The van der Waals surface area contributed by atoms with Crippen LogP contribution in [0.3, 0.4) is 0 Å². The molecule has 0 atom stereocenters. The molecule has 190 valence electrons. The largest absolute Gasteiger partial charge is 0.493 e. The van der Waals surface area contributed by atoms with Gasteiger partial charge in [0.25, 0.3) is 17.7 Å². The van der Waals surface area contributed by atoms with Gasteiger partial charge in [0, 0.05) is 5.56 Å². The first kappa shape index (κ1) is 25.8. The molecule has 1 aromatic rings. The SMILES string of the molecule is CCC1CCC2(CC1)NC(=O)N(CC(=O)OCC(=O)NNC(=O)c1ccc(OC)c(OC)c1)C2=O. The molecule has 0 unspecified atom stereocenters. The fraction of sp³-hybridized carbons (Fsp3) is 0.522. The molecule has 12 nitrogen and oxygen atoms in total. The molecule has 1 aliphatic carbocycles. The van der Waals surface area contributed by atoms with Gasteiger partial charge in [-0.2, -0.15) is 0 Å². The zero-order valence-electron chi connectivity index (χ0n) is 20.0.